The number of aromatic nitrogens is 3. The highest BCUT2D eigenvalue weighted by Crippen LogP contribution is 2.31. The Balaban J connectivity index is 2.09. The molecular weight excluding hydrogens is 384 g/mol. The normalized spacial score (nSPS) is 12.0. The van der Waals surface area contributed by atoms with Gasteiger partial charge >= 0.3 is 0 Å². The smallest absolute Gasteiger partial charge is 0.230 e. The Bertz CT molecular complexity index is 943. The standard InChI is InChI=1S/C19H19ClN4O2S/c1-3-26-16-9-7-15(8-10-16)24-18(13-5-4-6-14(20)11-13)22-23-19(24)27-12(2)17(21)25/h4-12H,3H2,1-2H3,(H2,21,25). The van der Waals surface area contributed by atoms with Crippen molar-refractivity contribution in [3.05, 3.63) is 53.6 Å². The lowest BCUT2D eigenvalue weighted by molar-refractivity contribution is -0.117. The monoisotopic (exact) mass is 402 g/mol. The quantitative estimate of drug-likeness (QED) is 0.605. The van der Waals surface area contributed by atoms with Crippen LogP contribution in [0.1, 0.15) is 13.8 Å². The maximum absolute atomic E-state index is 11.5. The number of carbonyl (C=O) groups excluding carboxylic acids is 1. The van der Waals surface area contributed by atoms with Gasteiger partial charge in [-0.3, -0.25) is 9.36 Å². The largest absolute Gasteiger partial charge is 0.494 e. The van der Waals surface area contributed by atoms with Gasteiger partial charge in [-0.05, 0) is 50.2 Å². The SMILES string of the molecule is CCOc1ccc(-n2c(SC(C)C(N)=O)nnc2-c2cccc(Cl)c2)cc1. The molecule has 1 amide bonds. The first-order valence-corrected chi connectivity index (χ1v) is 9.66. The van der Waals surface area contributed by atoms with E-state index in [-0.39, 0.29) is 0 Å². The van der Waals surface area contributed by atoms with Crippen LogP contribution in [0.5, 0.6) is 5.75 Å². The van der Waals surface area contributed by atoms with Crippen LogP contribution in [0, 0.1) is 0 Å². The van der Waals surface area contributed by atoms with E-state index in [0.29, 0.717) is 22.6 Å². The second-order valence-corrected chi connectivity index (χ2v) is 7.49. The zero-order chi connectivity index (χ0) is 19.4. The summed E-state index contributed by atoms with van der Waals surface area (Å²) in [6, 6.07) is 15.0. The van der Waals surface area contributed by atoms with Crippen LogP contribution in [0.3, 0.4) is 0 Å². The number of halogens is 1. The highest BCUT2D eigenvalue weighted by Gasteiger charge is 2.20. The van der Waals surface area contributed by atoms with Gasteiger partial charge in [-0.2, -0.15) is 0 Å². The maximum atomic E-state index is 11.5. The highest BCUT2D eigenvalue weighted by molar-refractivity contribution is 8.00. The molecule has 0 radical (unpaired) electrons. The van der Waals surface area contributed by atoms with Crippen molar-refractivity contribution in [1.82, 2.24) is 14.8 Å². The number of rotatable bonds is 7. The number of ether oxygens (including phenoxy) is 1. The van der Waals surface area contributed by atoms with E-state index in [2.05, 4.69) is 10.2 Å². The predicted molar refractivity (Wildman–Crippen MR) is 107 cm³/mol. The Morgan fingerprint density at radius 3 is 2.63 bits per heavy atom. The molecule has 1 unspecified atom stereocenters. The summed E-state index contributed by atoms with van der Waals surface area (Å²) >= 11 is 7.40. The van der Waals surface area contributed by atoms with E-state index in [4.69, 9.17) is 22.1 Å². The van der Waals surface area contributed by atoms with E-state index >= 15 is 0 Å². The molecule has 27 heavy (non-hydrogen) atoms. The summed E-state index contributed by atoms with van der Waals surface area (Å²) in [6.07, 6.45) is 0. The summed E-state index contributed by atoms with van der Waals surface area (Å²) in [5.41, 5.74) is 7.08. The van der Waals surface area contributed by atoms with E-state index in [1.807, 2.05) is 54.0 Å². The van der Waals surface area contributed by atoms with Gasteiger partial charge in [-0.25, -0.2) is 0 Å². The molecule has 0 aliphatic carbocycles. The van der Waals surface area contributed by atoms with Crippen molar-refractivity contribution in [2.45, 2.75) is 24.3 Å². The Morgan fingerprint density at radius 1 is 1.26 bits per heavy atom. The molecule has 0 saturated carbocycles. The van der Waals surface area contributed by atoms with Gasteiger partial charge in [-0.15, -0.1) is 10.2 Å². The second kappa shape index (κ2) is 8.45. The molecule has 1 aromatic heterocycles. The van der Waals surface area contributed by atoms with E-state index in [0.717, 1.165) is 17.0 Å². The Hall–Kier alpha value is -2.51. The number of amides is 1. The van der Waals surface area contributed by atoms with Crippen LogP contribution < -0.4 is 10.5 Å². The minimum Gasteiger partial charge on any atom is -0.494 e. The molecule has 8 heteroatoms. The molecule has 2 aromatic carbocycles. The number of hydrogen-bond acceptors (Lipinski definition) is 5. The van der Waals surface area contributed by atoms with E-state index in [1.54, 1.807) is 13.0 Å². The minimum atomic E-state index is -0.442. The van der Waals surface area contributed by atoms with E-state index in [9.17, 15) is 4.79 Å². The number of carbonyl (C=O) groups is 1. The predicted octanol–water partition coefficient (Wildman–Crippen LogP) is 3.95. The van der Waals surface area contributed by atoms with Crippen molar-refractivity contribution < 1.29 is 9.53 Å². The van der Waals surface area contributed by atoms with Crippen molar-refractivity contribution in [1.29, 1.82) is 0 Å². The van der Waals surface area contributed by atoms with Crippen LogP contribution in [0.25, 0.3) is 17.1 Å². The van der Waals surface area contributed by atoms with Crippen molar-refractivity contribution in [2.75, 3.05) is 6.61 Å². The van der Waals surface area contributed by atoms with E-state index < -0.39 is 11.2 Å². The van der Waals surface area contributed by atoms with Gasteiger partial charge in [0.1, 0.15) is 5.75 Å². The van der Waals surface area contributed by atoms with Crippen molar-refractivity contribution >= 4 is 29.3 Å². The van der Waals surface area contributed by atoms with Gasteiger partial charge < -0.3 is 10.5 Å². The first kappa shape index (κ1) is 19.3. The number of thioether (sulfide) groups is 1. The van der Waals surface area contributed by atoms with Crippen LogP contribution >= 0.6 is 23.4 Å². The third-order valence-electron chi connectivity index (χ3n) is 3.80. The molecule has 3 aromatic rings. The van der Waals surface area contributed by atoms with Gasteiger partial charge in [-0.1, -0.05) is 35.5 Å². The number of hydrogen-bond donors (Lipinski definition) is 1. The summed E-state index contributed by atoms with van der Waals surface area (Å²) in [5.74, 6) is 0.990. The summed E-state index contributed by atoms with van der Waals surface area (Å²) in [4.78, 5) is 11.5. The van der Waals surface area contributed by atoms with Crippen molar-refractivity contribution in [3.63, 3.8) is 0 Å². The molecule has 1 heterocycles. The lowest BCUT2D eigenvalue weighted by Gasteiger charge is -2.13. The minimum absolute atomic E-state index is 0.412. The molecule has 0 spiro atoms. The highest BCUT2D eigenvalue weighted by atomic mass is 35.5. The third kappa shape index (κ3) is 4.43. The number of primary amides is 1. The molecule has 0 aliphatic rings. The number of nitrogens with zero attached hydrogens (tertiary/aromatic N) is 3. The fourth-order valence-electron chi connectivity index (χ4n) is 2.47. The summed E-state index contributed by atoms with van der Waals surface area (Å²) in [6.45, 7) is 4.27. The van der Waals surface area contributed by atoms with Gasteiger partial charge in [0.25, 0.3) is 0 Å². The van der Waals surface area contributed by atoms with Crippen LogP contribution in [0.15, 0.2) is 53.7 Å². The molecule has 0 aliphatic heterocycles. The Kier molecular flexibility index (Phi) is 6.03. The maximum Gasteiger partial charge on any atom is 0.230 e. The third-order valence-corrected chi connectivity index (χ3v) is 5.10. The molecule has 2 N–H and O–H groups in total. The molecule has 6 nitrogen and oxygen atoms in total. The van der Waals surface area contributed by atoms with Crippen molar-refractivity contribution in [3.8, 4) is 22.8 Å². The Labute approximate surface area is 166 Å². The molecule has 3 rings (SSSR count). The lowest BCUT2D eigenvalue weighted by Crippen LogP contribution is -2.23. The fourth-order valence-corrected chi connectivity index (χ4v) is 3.48. The molecule has 140 valence electrons. The average molecular weight is 403 g/mol. The second-order valence-electron chi connectivity index (χ2n) is 5.74. The zero-order valence-electron chi connectivity index (χ0n) is 14.9. The van der Waals surface area contributed by atoms with E-state index in [1.165, 1.54) is 11.8 Å². The molecule has 0 saturated heterocycles. The molecule has 1 atom stereocenters. The molecule has 0 fully saturated rings. The van der Waals surface area contributed by atoms with Gasteiger partial charge in [0.05, 0.1) is 11.9 Å². The molecule has 0 bridgehead atoms. The summed E-state index contributed by atoms with van der Waals surface area (Å²) in [7, 11) is 0. The number of nitrogens with two attached hydrogens (primary N) is 1. The molecular formula is C19H19ClN4O2S. The zero-order valence-corrected chi connectivity index (χ0v) is 16.5. The summed E-state index contributed by atoms with van der Waals surface area (Å²) < 4.78 is 7.39. The first-order valence-electron chi connectivity index (χ1n) is 8.40. The fraction of sp³-hybridized carbons (Fsp3) is 0.211. The van der Waals surface area contributed by atoms with Crippen LogP contribution in [-0.4, -0.2) is 32.5 Å². The van der Waals surface area contributed by atoms with Gasteiger partial charge in [0, 0.05) is 16.3 Å². The van der Waals surface area contributed by atoms with Crippen LogP contribution in [-0.2, 0) is 4.79 Å². The van der Waals surface area contributed by atoms with Crippen LogP contribution in [0.4, 0.5) is 0 Å². The van der Waals surface area contributed by atoms with Crippen LogP contribution in [0.2, 0.25) is 5.02 Å². The van der Waals surface area contributed by atoms with Gasteiger partial charge in [0.15, 0.2) is 11.0 Å². The lowest BCUT2D eigenvalue weighted by atomic mass is 10.2. The van der Waals surface area contributed by atoms with Crippen molar-refractivity contribution in [2.24, 2.45) is 5.73 Å². The van der Waals surface area contributed by atoms with Gasteiger partial charge in [0.2, 0.25) is 5.91 Å². The topological polar surface area (TPSA) is 83.0 Å². The average Bonchev–Trinajstić information content (AvgIpc) is 3.06. The first-order chi connectivity index (χ1) is 13.0. The number of benzene rings is 2. The Morgan fingerprint density at radius 2 is 2.00 bits per heavy atom. The summed E-state index contributed by atoms with van der Waals surface area (Å²) in [5, 5.41) is 9.33.